The fourth-order valence-corrected chi connectivity index (χ4v) is 1.75. The van der Waals surface area contributed by atoms with Crippen LogP contribution in [0.2, 0.25) is 0 Å². The zero-order valence-electron chi connectivity index (χ0n) is 13.6. The molecule has 1 atom stereocenters. The molecule has 0 aromatic heterocycles. The van der Waals surface area contributed by atoms with Crippen molar-refractivity contribution in [1.82, 2.24) is 10.6 Å². The lowest BCUT2D eigenvalue weighted by atomic mass is 10.1. The van der Waals surface area contributed by atoms with Gasteiger partial charge in [-0.05, 0) is 51.5 Å². The second-order valence-electron chi connectivity index (χ2n) is 6.17. The van der Waals surface area contributed by atoms with Crippen LogP contribution in [0.5, 0.6) is 0 Å². The highest BCUT2D eigenvalue weighted by molar-refractivity contribution is 5.95. The third kappa shape index (κ3) is 6.13. The lowest BCUT2D eigenvalue weighted by Crippen LogP contribution is -2.40. The molecule has 1 aromatic rings. The Kier molecular flexibility index (Phi) is 6.37. The first kappa shape index (κ1) is 18.0. The fraction of sp³-hybridized carbons (Fsp3) is 0.500. The maximum absolute atomic E-state index is 12.0. The number of anilines is 1. The summed E-state index contributed by atoms with van der Waals surface area (Å²) in [6, 6.07) is 5.98. The molecule has 0 heterocycles. The van der Waals surface area contributed by atoms with Crippen LogP contribution in [0.4, 0.5) is 10.5 Å². The Balaban J connectivity index is 2.62. The van der Waals surface area contributed by atoms with Gasteiger partial charge in [-0.1, -0.05) is 6.92 Å². The molecule has 1 aromatic carbocycles. The van der Waals surface area contributed by atoms with Crippen molar-refractivity contribution in [2.45, 2.75) is 45.7 Å². The second kappa shape index (κ2) is 7.79. The Labute approximate surface area is 131 Å². The predicted molar refractivity (Wildman–Crippen MR) is 87.0 cm³/mol. The number of hydrogen-bond donors (Lipinski definition) is 4. The summed E-state index contributed by atoms with van der Waals surface area (Å²) in [6.07, 6.45) is 0.649. The van der Waals surface area contributed by atoms with Crippen LogP contribution in [-0.4, -0.2) is 35.2 Å². The first-order valence-corrected chi connectivity index (χ1v) is 7.36. The Morgan fingerprint density at radius 2 is 1.77 bits per heavy atom. The molecule has 0 radical (unpaired) electrons. The number of aliphatic hydroxyl groups excluding tert-OH is 1. The maximum Gasteiger partial charge on any atom is 0.319 e. The molecule has 6 nitrogen and oxygen atoms in total. The molecule has 122 valence electrons. The topological polar surface area (TPSA) is 90.5 Å². The first-order valence-electron chi connectivity index (χ1n) is 7.36. The molecule has 0 fully saturated rings. The van der Waals surface area contributed by atoms with Gasteiger partial charge in [0.1, 0.15) is 0 Å². The van der Waals surface area contributed by atoms with Gasteiger partial charge in [0.2, 0.25) is 0 Å². The van der Waals surface area contributed by atoms with Gasteiger partial charge < -0.3 is 21.1 Å². The first-order chi connectivity index (χ1) is 10.2. The van der Waals surface area contributed by atoms with Crippen LogP contribution < -0.4 is 16.0 Å². The minimum absolute atomic E-state index is 0.101. The molecule has 0 aliphatic carbocycles. The lowest BCUT2D eigenvalue weighted by Gasteiger charge is -2.20. The molecule has 1 rings (SSSR count). The largest absolute Gasteiger partial charge is 0.394 e. The molecule has 6 heteroatoms. The van der Waals surface area contributed by atoms with E-state index < -0.39 is 0 Å². The van der Waals surface area contributed by atoms with E-state index in [2.05, 4.69) is 16.0 Å². The summed E-state index contributed by atoms with van der Waals surface area (Å²) < 4.78 is 0. The van der Waals surface area contributed by atoms with Crippen LogP contribution in [0.3, 0.4) is 0 Å². The number of carbonyl (C=O) groups excluding carboxylic acids is 2. The highest BCUT2D eigenvalue weighted by Gasteiger charge is 2.15. The van der Waals surface area contributed by atoms with Gasteiger partial charge in [0.15, 0.2) is 0 Å². The number of urea groups is 1. The monoisotopic (exact) mass is 307 g/mol. The van der Waals surface area contributed by atoms with Crippen LogP contribution in [0.15, 0.2) is 24.3 Å². The molecule has 0 saturated carbocycles. The minimum Gasteiger partial charge on any atom is -0.394 e. The van der Waals surface area contributed by atoms with Crippen molar-refractivity contribution in [3.8, 4) is 0 Å². The van der Waals surface area contributed by atoms with Crippen molar-refractivity contribution in [2.75, 3.05) is 11.9 Å². The standard InChI is InChI=1S/C16H25N3O3/c1-5-12(10-20)17-15(22)18-13-8-6-11(7-9-13)14(21)19-16(2,3)4/h6-9,12,20H,5,10H2,1-4H3,(H,19,21)(H2,17,18,22). The number of carbonyl (C=O) groups is 2. The summed E-state index contributed by atoms with van der Waals surface area (Å²) in [6.45, 7) is 7.52. The fourth-order valence-electron chi connectivity index (χ4n) is 1.75. The predicted octanol–water partition coefficient (Wildman–Crippen LogP) is 2.11. The quantitative estimate of drug-likeness (QED) is 0.671. The van der Waals surface area contributed by atoms with Crippen LogP contribution in [0, 0.1) is 0 Å². The van der Waals surface area contributed by atoms with E-state index in [0.29, 0.717) is 17.7 Å². The van der Waals surface area contributed by atoms with Gasteiger partial charge in [-0.2, -0.15) is 0 Å². The Hall–Kier alpha value is -2.08. The van der Waals surface area contributed by atoms with E-state index in [0.717, 1.165) is 0 Å². The van der Waals surface area contributed by atoms with E-state index in [9.17, 15) is 9.59 Å². The number of aliphatic hydroxyl groups is 1. The van der Waals surface area contributed by atoms with E-state index in [4.69, 9.17) is 5.11 Å². The second-order valence-corrected chi connectivity index (χ2v) is 6.17. The van der Waals surface area contributed by atoms with Crippen LogP contribution >= 0.6 is 0 Å². The number of nitrogens with one attached hydrogen (secondary N) is 3. The minimum atomic E-state index is -0.382. The molecule has 4 N–H and O–H groups in total. The van der Waals surface area contributed by atoms with Gasteiger partial charge in [-0.3, -0.25) is 4.79 Å². The third-order valence-corrected chi connectivity index (χ3v) is 2.94. The average molecular weight is 307 g/mol. The van der Waals surface area contributed by atoms with Crippen LogP contribution in [0.1, 0.15) is 44.5 Å². The molecule has 3 amide bonds. The van der Waals surface area contributed by atoms with E-state index in [1.165, 1.54) is 0 Å². The molecule has 22 heavy (non-hydrogen) atoms. The molecule has 0 aliphatic heterocycles. The smallest absolute Gasteiger partial charge is 0.319 e. The molecule has 0 bridgehead atoms. The molecule has 1 unspecified atom stereocenters. The Morgan fingerprint density at radius 3 is 2.23 bits per heavy atom. The zero-order valence-corrected chi connectivity index (χ0v) is 13.6. The van der Waals surface area contributed by atoms with Gasteiger partial charge >= 0.3 is 6.03 Å². The highest BCUT2D eigenvalue weighted by Crippen LogP contribution is 2.11. The summed E-state index contributed by atoms with van der Waals surface area (Å²) >= 11 is 0. The van der Waals surface area contributed by atoms with Crippen molar-refractivity contribution in [1.29, 1.82) is 0 Å². The lowest BCUT2D eigenvalue weighted by molar-refractivity contribution is 0.0919. The van der Waals surface area contributed by atoms with Gasteiger partial charge in [0.05, 0.1) is 12.6 Å². The van der Waals surface area contributed by atoms with Gasteiger partial charge in [-0.15, -0.1) is 0 Å². The zero-order chi connectivity index (χ0) is 16.8. The van der Waals surface area contributed by atoms with Crippen molar-refractivity contribution in [3.63, 3.8) is 0 Å². The molecule has 0 spiro atoms. The van der Waals surface area contributed by atoms with Crippen molar-refractivity contribution in [3.05, 3.63) is 29.8 Å². The summed E-state index contributed by atoms with van der Waals surface area (Å²) in [5, 5.41) is 17.2. The van der Waals surface area contributed by atoms with Gasteiger partial charge in [0, 0.05) is 16.8 Å². The number of rotatable bonds is 5. The van der Waals surface area contributed by atoms with Crippen LogP contribution in [0.25, 0.3) is 0 Å². The molecule has 0 aliphatic rings. The number of hydrogen-bond acceptors (Lipinski definition) is 3. The number of amides is 3. The highest BCUT2D eigenvalue weighted by atomic mass is 16.3. The van der Waals surface area contributed by atoms with E-state index in [1.54, 1.807) is 24.3 Å². The molecular formula is C16H25N3O3. The summed E-state index contributed by atoms with van der Waals surface area (Å²) in [5.74, 6) is -0.158. The Morgan fingerprint density at radius 1 is 1.18 bits per heavy atom. The SMILES string of the molecule is CCC(CO)NC(=O)Nc1ccc(C(=O)NC(C)(C)C)cc1. The average Bonchev–Trinajstić information content (AvgIpc) is 2.43. The van der Waals surface area contributed by atoms with Gasteiger partial charge in [-0.25, -0.2) is 4.79 Å². The van der Waals surface area contributed by atoms with Crippen LogP contribution in [-0.2, 0) is 0 Å². The van der Waals surface area contributed by atoms with E-state index in [-0.39, 0.29) is 30.1 Å². The van der Waals surface area contributed by atoms with Crippen molar-refractivity contribution < 1.29 is 14.7 Å². The number of benzene rings is 1. The summed E-state index contributed by atoms with van der Waals surface area (Å²) in [5.41, 5.74) is 0.813. The molecular weight excluding hydrogens is 282 g/mol. The van der Waals surface area contributed by atoms with Crippen molar-refractivity contribution in [2.24, 2.45) is 0 Å². The van der Waals surface area contributed by atoms with E-state index >= 15 is 0 Å². The van der Waals surface area contributed by atoms with Crippen molar-refractivity contribution >= 4 is 17.6 Å². The summed E-state index contributed by atoms with van der Waals surface area (Å²) in [7, 11) is 0. The Bertz CT molecular complexity index is 502. The third-order valence-electron chi connectivity index (χ3n) is 2.94. The molecule has 0 saturated heterocycles. The summed E-state index contributed by atoms with van der Waals surface area (Å²) in [4.78, 5) is 23.7. The van der Waals surface area contributed by atoms with Gasteiger partial charge in [0.25, 0.3) is 5.91 Å². The maximum atomic E-state index is 12.0. The van der Waals surface area contributed by atoms with E-state index in [1.807, 2.05) is 27.7 Å². The normalized spacial score (nSPS) is 12.4.